The maximum absolute atomic E-state index is 11.3. The fraction of sp³-hybridized carbons (Fsp3) is 0.0625. The minimum Gasteiger partial charge on any atom is -0.441 e. The highest BCUT2D eigenvalue weighted by Crippen LogP contribution is 2.28. The predicted molar refractivity (Wildman–Crippen MR) is 83.5 cm³/mol. The van der Waals surface area contributed by atoms with E-state index in [2.05, 4.69) is 4.98 Å². The summed E-state index contributed by atoms with van der Waals surface area (Å²) < 4.78 is 28.3. The smallest absolute Gasteiger partial charge is 0.238 e. The molecule has 112 valence electrons. The molecule has 5 nitrogen and oxygen atoms in total. The van der Waals surface area contributed by atoms with Crippen LogP contribution in [0.2, 0.25) is 0 Å². The quantitative estimate of drug-likeness (QED) is 0.805. The van der Waals surface area contributed by atoms with Crippen molar-refractivity contribution in [3.63, 3.8) is 0 Å². The fourth-order valence-electron chi connectivity index (χ4n) is 2.17. The van der Waals surface area contributed by atoms with Crippen LogP contribution < -0.4 is 5.14 Å². The van der Waals surface area contributed by atoms with E-state index in [4.69, 9.17) is 9.56 Å². The van der Waals surface area contributed by atoms with E-state index >= 15 is 0 Å². The first-order valence-electron chi connectivity index (χ1n) is 6.61. The van der Waals surface area contributed by atoms with Gasteiger partial charge >= 0.3 is 0 Å². The van der Waals surface area contributed by atoms with Crippen molar-refractivity contribution in [1.82, 2.24) is 4.98 Å². The number of oxazole rings is 1. The first-order chi connectivity index (χ1) is 10.4. The normalized spacial score (nSPS) is 11.5. The summed E-state index contributed by atoms with van der Waals surface area (Å²) in [6.07, 6.45) is 0. The summed E-state index contributed by atoms with van der Waals surface area (Å²) >= 11 is 0. The number of aryl methyl sites for hydroxylation is 1. The van der Waals surface area contributed by atoms with Crippen molar-refractivity contribution < 1.29 is 12.8 Å². The fourth-order valence-corrected chi connectivity index (χ4v) is 2.69. The van der Waals surface area contributed by atoms with Gasteiger partial charge in [-0.1, -0.05) is 30.3 Å². The van der Waals surface area contributed by atoms with Gasteiger partial charge in [0, 0.05) is 11.1 Å². The van der Waals surface area contributed by atoms with Crippen LogP contribution in [-0.4, -0.2) is 13.4 Å². The minimum absolute atomic E-state index is 0.0701. The number of benzene rings is 2. The molecule has 0 fully saturated rings. The van der Waals surface area contributed by atoms with Crippen LogP contribution in [-0.2, 0) is 10.0 Å². The second-order valence-corrected chi connectivity index (χ2v) is 6.42. The van der Waals surface area contributed by atoms with Crippen molar-refractivity contribution in [2.75, 3.05) is 0 Å². The van der Waals surface area contributed by atoms with E-state index in [1.54, 1.807) is 12.1 Å². The first kappa shape index (κ1) is 14.5. The van der Waals surface area contributed by atoms with Gasteiger partial charge in [-0.15, -0.1) is 0 Å². The Kier molecular flexibility index (Phi) is 3.56. The number of hydrogen-bond donors (Lipinski definition) is 1. The van der Waals surface area contributed by atoms with Crippen molar-refractivity contribution in [2.45, 2.75) is 11.8 Å². The second kappa shape index (κ2) is 5.40. The lowest BCUT2D eigenvalue weighted by atomic mass is 10.1. The van der Waals surface area contributed by atoms with Gasteiger partial charge in [0.2, 0.25) is 15.9 Å². The number of hydrogen-bond acceptors (Lipinski definition) is 4. The highest BCUT2D eigenvalue weighted by Gasteiger charge is 2.14. The molecule has 2 aromatic carbocycles. The Bertz CT molecular complexity index is 898. The van der Waals surface area contributed by atoms with Crippen molar-refractivity contribution in [3.05, 3.63) is 60.4 Å². The van der Waals surface area contributed by atoms with Gasteiger partial charge in [0.1, 0.15) is 11.5 Å². The monoisotopic (exact) mass is 314 g/mol. The van der Waals surface area contributed by atoms with Crippen LogP contribution in [0.1, 0.15) is 5.76 Å². The molecule has 0 spiro atoms. The van der Waals surface area contributed by atoms with E-state index in [-0.39, 0.29) is 4.90 Å². The Balaban J connectivity index is 2.01. The third-order valence-corrected chi connectivity index (χ3v) is 4.20. The number of nitrogens with two attached hydrogens (primary N) is 1. The molecular formula is C16H14N2O3S. The second-order valence-electron chi connectivity index (χ2n) is 4.86. The van der Waals surface area contributed by atoms with Crippen LogP contribution in [0.25, 0.3) is 22.7 Å². The molecule has 3 rings (SSSR count). The Labute approximate surface area is 128 Å². The molecule has 0 unspecified atom stereocenters. The summed E-state index contributed by atoms with van der Waals surface area (Å²) in [7, 11) is -3.69. The van der Waals surface area contributed by atoms with E-state index in [1.165, 1.54) is 12.1 Å². The molecule has 0 aliphatic rings. The topological polar surface area (TPSA) is 86.2 Å². The van der Waals surface area contributed by atoms with Crippen LogP contribution in [0, 0.1) is 6.92 Å². The summed E-state index contributed by atoms with van der Waals surface area (Å²) in [6.45, 7) is 1.82. The summed E-state index contributed by atoms with van der Waals surface area (Å²) in [5.41, 5.74) is 2.34. The molecule has 22 heavy (non-hydrogen) atoms. The lowest BCUT2D eigenvalue weighted by molar-refractivity contribution is 0.543. The van der Waals surface area contributed by atoms with E-state index in [9.17, 15) is 8.42 Å². The van der Waals surface area contributed by atoms with Gasteiger partial charge in [0.25, 0.3) is 0 Å². The average molecular weight is 314 g/mol. The van der Waals surface area contributed by atoms with Gasteiger partial charge in [-0.3, -0.25) is 0 Å². The lowest BCUT2D eigenvalue weighted by Crippen LogP contribution is -2.11. The molecule has 6 heteroatoms. The van der Waals surface area contributed by atoms with Crippen LogP contribution in [0.5, 0.6) is 0 Å². The van der Waals surface area contributed by atoms with Crippen LogP contribution in [0.4, 0.5) is 0 Å². The summed E-state index contributed by atoms with van der Waals surface area (Å²) in [5.74, 6) is 1.20. The summed E-state index contributed by atoms with van der Waals surface area (Å²) in [6, 6.07) is 15.8. The molecule has 0 saturated carbocycles. The van der Waals surface area contributed by atoms with E-state index < -0.39 is 10.0 Å². The number of nitrogens with zero attached hydrogens (tertiary/aromatic N) is 1. The zero-order chi connectivity index (χ0) is 15.7. The van der Waals surface area contributed by atoms with Crippen molar-refractivity contribution >= 4 is 10.0 Å². The molecular weight excluding hydrogens is 300 g/mol. The highest BCUT2D eigenvalue weighted by atomic mass is 32.2. The largest absolute Gasteiger partial charge is 0.441 e. The number of primary sulfonamides is 1. The maximum atomic E-state index is 11.3. The standard InChI is InChI=1S/C16H14N2O3S/c1-11-15(12-7-9-14(10-8-12)22(17,19)20)18-16(21-11)13-5-3-2-4-6-13/h2-10H,1H3,(H2,17,19,20). The zero-order valence-electron chi connectivity index (χ0n) is 11.9. The Hall–Kier alpha value is -2.44. The summed E-state index contributed by atoms with van der Waals surface area (Å²) in [5, 5.41) is 5.09. The lowest BCUT2D eigenvalue weighted by Gasteiger charge is -2.00. The number of sulfonamides is 1. The predicted octanol–water partition coefficient (Wildman–Crippen LogP) is 2.96. The molecule has 0 aliphatic carbocycles. The van der Waals surface area contributed by atoms with Crippen molar-refractivity contribution in [2.24, 2.45) is 5.14 Å². The minimum atomic E-state index is -3.69. The van der Waals surface area contributed by atoms with Gasteiger partial charge in [-0.05, 0) is 31.2 Å². The maximum Gasteiger partial charge on any atom is 0.238 e. The van der Waals surface area contributed by atoms with Gasteiger partial charge in [0.05, 0.1) is 4.90 Å². The molecule has 1 heterocycles. The Morgan fingerprint density at radius 2 is 1.59 bits per heavy atom. The highest BCUT2D eigenvalue weighted by molar-refractivity contribution is 7.89. The van der Waals surface area contributed by atoms with Gasteiger partial charge in [-0.25, -0.2) is 18.5 Å². The number of aromatic nitrogens is 1. The third-order valence-electron chi connectivity index (χ3n) is 3.27. The van der Waals surface area contributed by atoms with E-state index in [1.807, 2.05) is 37.3 Å². The molecule has 0 atom stereocenters. The zero-order valence-corrected chi connectivity index (χ0v) is 12.7. The van der Waals surface area contributed by atoms with Gasteiger partial charge < -0.3 is 4.42 Å². The van der Waals surface area contributed by atoms with Gasteiger partial charge in [0.15, 0.2) is 0 Å². The van der Waals surface area contributed by atoms with E-state index in [0.717, 1.165) is 11.1 Å². The first-order valence-corrected chi connectivity index (χ1v) is 8.16. The Morgan fingerprint density at radius 1 is 0.955 bits per heavy atom. The number of rotatable bonds is 3. The van der Waals surface area contributed by atoms with Crippen LogP contribution >= 0.6 is 0 Å². The molecule has 0 amide bonds. The molecule has 0 saturated heterocycles. The summed E-state index contributed by atoms with van der Waals surface area (Å²) in [4.78, 5) is 4.56. The molecule has 0 aliphatic heterocycles. The molecule has 3 aromatic rings. The SMILES string of the molecule is Cc1oc(-c2ccccc2)nc1-c1ccc(S(N)(=O)=O)cc1. The third kappa shape index (κ3) is 2.79. The van der Waals surface area contributed by atoms with Crippen molar-refractivity contribution in [1.29, 1.82) is 0 Å². The van der Waals surface area contributed by atoms with Crippen LogP contribution in [0.3, 0.4) is 0 Å². The van der Waals surface area contributed by atoms with Gasteiger partial charge in [-0.2, -0.15) is 0 Å². The molecule has 2 N–H and O–H groups in total. The van der Waals surface area contributed by atoms with Crippen LogP contribution in [0.15, 0.2) is 63.9 Å². The molecule has 0 radical (unpaired) electrons. The van der Waals surface area contributed by atoms with Crippen molar-refractivity contribution in [3.8, 4) is 22.7 Å². The molecule has 1 aromatic heterocycles. The average Bonchev–Trinajstić information content (AvgIpc) is 2.89. The molecule has 0 bridgehead atoms. The van der Waals surface area contributed by atoms with E-state index in [0.29, 0.717) is 17.3 Å². The Morgan fingerprint density at radius 3 is 2.18 bits per heavy atom.